The van der Waals surface area contributed by atoms with Gasteiger partial charge in [-0.1, -0.05) is 23.2 Å². The number of piperazine rings is 1. The van der Waals surface area contributed by atoms with Crippen LogP contribution in [0.2, 0.25) is 10.3 Å². The number of hydrogen-bond acceptors (Lipinski definition) is 6. The van der Waals surface area contributed by atoms with Crippen molar-refractivity contribution in [2.24, 2.45) is 0 Å². The molecule has 4 rings (SSSR count). The lowest BCUT2D eigenvalue weighted by molar-refractivity contribution is 0.249. The lowest BCUT2D eigenvalue weighted by Gasteiger charge is -2.35. The van der Waals surface area contributed by atoms with E-state index >= 15 is 0 Å². The van der Waals surface area contributed by atoms with Crippen molar-refractivity contribution >= 4 is 50.6 Å². The summed E-state index contributed by atoms with van der Waals surface area (Å²) in [4.78, 5) is 18.6. The van der Waals surface area contributed by atoms with E-state index in [0.717, 1.165) is 54.3 Å². The summed E-state index contributed by atoms with van der Waals surface area (Å²) in [7, 11) is 0. The molecule has 0 atom stereocenters. The fourth-order valence-electron chi connectivity index (χ4n) is 3.01. The molecule has 1 saturated heterocycles. The summed E-state index contributed by atoms with van der Waals surface area (Å²) >= 11 is 13.6. The number of rotatable bonds is 3. The molecule has 124 valence electrons. The van der Waals surface area contributed by atoms with Gasteiger partial charge in [-0.2, -0.15) is 0 Å². The molecule has 0 amide bonds. The van der Waals surface area contributed by atoms with Crippen molar-refractivity contribution in [3.05, 3.63) is 45.8 Å². The molecule has 3 aromatic heterocycles. The number of aromatic nitrogens is 3. The molecule has 1 aliphatic rings. The maximum Gasteiger partial charge on any atom is 0.140 e. The van der Waals surface area contributed by atoms with Crippen molar-refractivity contribution in [1.82, 2.24) is 19.9 Å². The van der Waals surface area contributed by atoms with Gasteiger partial charge >= 0.3 is 0 Å². The highest BCUT2D eigenvalue weighted by molar-refractivity contribution is 7.16. The van der Waals surface area contributed by atoms with Crippen molar-refractivity contribution in [1.29, 1.82) is 0 Å². The van der Waals surface area contributed by atoms with Gasteiger partial charge in [0.25, 0.3) is 0 Å². The van der Waals surface area contributed by atoms with Crippen LogP contribution in [0.3, 0.4) is 0 Å². The lowest BCUT2D eigenvalue weighted by atomic mass is 10.2. The van der Waals surface area contributed by atoms with Crippen LogP contribution in [0.4, 0.5) is 5.82 Å². The molecule has 5 nitrogen and oxygen atoms in total. The van der Waals surface area contributed by atoms with Gasteiger partial charge in [0, 0.05) is 32.7 Å². The van der Waals surface area contributed by atoms with Crippen LogP contribution in [0.25, 0.3) is 10.2 Å². The average molecular weight is 380 g/mol. The highest BCUT2D eigenvalue weighted by atomic mass is 35.5. The van der Waals surface area contributed by atoms with E-state index in [1.165, 1.54) is 0 Å². The van der Waals surface area contributed by atoms with Crippen LogP contribution in [-0.4, -0.2) is 46.0 Å². The third-order valence-electron chi connectivity index (χ3n) is 4.14. The number of nitrogens with zero attached hydrogens (tertiary/aromatic N) is 5. The van der Waals surface area contributed by atoms with Crippen LogP contribution in [0.1, 0.15) is 5.56 Å². The Bertz CT molecular complexity index is 840. The second kappa shape index (κ2) is 6.80. The first-order valence-corrected chi connectivity index (χ1v) is 9.30. The summed E-state index contributed by atoms with van der Waals surface area (Å²) in [5.41, 5.74) is 1.09. The molecular formula is C16H15Cl2N5S. The van der Waals surface area contributed by atoms with E-state index in [9.17, 15) is 0 Å². The highest BCUT2D eigenvalue weighted by Gasteiger charge is 2.20. The molecule has 4 heterocycles. The van der Waals surface area contributed by atoms with E-state index in [2.05, 4.69) is 36.2 Å². The van der Waals surface area contributed by atoms with Gasteiger partial charge in [-0.25, -0.2) is 15.0 Å². The first-order valence-electron chi connectivity index (χ1n) is 7.66. The van der Waals surface area contributed by atoms with Crippen LogP contribution in [0.5, 0.6) is 0 Å². The summed E-state index contributed by atoms with van der Waals surface area (Å²) in [5.74, 6) is 1.04. The third-order valence-corrected chi connectivity index (χ3v) is 5.35. The maximum absolute atomic E-state index is 5.98. The van der Waals surface area contributed by atoms with Crippen molar-refractivity contribution in [2.45, 2.75) is 6.54 Å². The number of pyridine rings is 1. The van der Waals surface area contributed by atoms with Gasteiger partial charge < -0.3 is 4.90 Å². The van der Waals surface area contributed by atoms with Gasteiger partial charge in [0.2, 0.25) is 0 Å². The normalized spacial score (nSPS) is 16.0. The molecule has 0 bridgehead atoms. The smallest absolute Gasteiger partial charge is 0.140 e. The van der Waals surface area contributed by atoms with Crippen LogP contribution in [0.15, 0.2) is 29.9 Å². The van der Waals surface area contributed by atoms with Crippen molar-refractivity contribution in [3.8, 4) is 0 Å². The summed E-state index contributed by atoms with van der Waals surface area (Å²) < 4.78 is 0. The molecule has 0 spiro atoms. The SMILES string of the molecule is Clc1cc(CN2CCN(c3ncnc4sccc34)CC2)cc(Cl)n1. The molecule has 0 aromatic carbocycles. The molecule has 0 unspecified atom stereocenters. The van der Waals surface area contributed by atoms with Crippen LogP contribution in [-0.2, 0) is 6.54 Å². The minimum absolute atomic E-state index is 0.442. The summed E-state index contributed by atoms with van der Waals surface area (Å²) in [6.07, 6.45) is 1.65. The Morgan fingerprint density at radius 2 is 1.79 bits per heavy atom. The third kappa shape index (κ3) is 3.32. The Morgan fingerprint density at radius 3 is 2.54 bits per heavy atom. The highest BCUT2D eigenvalue weighted by Crippen LogP contribution is 2.27. The number of fused-ring (bicyclic) bond motifs is 1. The molecule has 8 heteroatoms. The van der Waals surface area contributed by atoms with Crippen LogP contribution < -0.4 is 4.90 Å². The average Bonchev–Trinajstić information content (AvgIpc) is 3.03. The molecule has 1 aliphatic heterocycles. The van der Waals surface area contributed by atoms with Gasteiger partial charge in [-0.05, 0) is 29.1 Å². The predicted octanol–water partition coefficient (Wildman–Crippen LogP) is 3.72. The van der Waals surface area contributed by atoms with Crippen molar-refractivity contribution < 1.29 is 0 Å². The molecule has 3 aromatic rings. The largest absolute Gasteiger partial charge is 0.353 e. The molecular weight excluding hydrogens is 365 g/mol. The van der Waals surface area contributed by atoms with Gasteiger partial charge in [0.05, 0.1) is 5.39 Å². The monoisotopic (exact) mass is 379 g/mol. The zero-order valence-electron chi connectivity index (χ0n) is 12.8. The number of hydrogen-bond donors (Lipinski definition) is 0. The maximum atomic E-state index is 5.98. The zero-order valence-corrected chi connectivity index (χ0v) is 15.2. The molecule has 24 heavy (non-hydrogen) atoms. The van der Waals surface area contributed by atoms with E-state index in [0.29, 0.717) is 10.3 Å². The van der Waals surface area contributed by atoms with Gasteiger partial charge in [-0.15, -0.1) is 11.3 Å². The van der Waals surface area contributed by atoms with Gasteiger partial charge in [0.15, 0.2) is 0 Å². The second-order valence-electron chi connectivity index (χ2n) is 5.72. The van der Waals surface area contributed by atoms with Gasteiger partial charge in [0.1, 0.15) is 27.3 Å². The number of anilines is 1. The molecule has 0 aliphatic carbocycles. The quantitative estimate of drug-likeness (QED) is 0.648. The van der Waals surface area contributed by atoms with E-state index < -0.39 is 0 Å². The predicted molar refractivity (Wildman–Crippen MR) is 99.2 cm³/mol. The van der Waals surface area contributed by atoms with Crippen LogP contribution in [0, 0.1) is 0 Å². The summed E-state index contributed by atoms with van der Waals surface area (Å²) in [6, 6.07) is 5.85. The molecule has 0 N–H and O–H groups in total. The van der Waals surface area contributed by atoms with Gasteiger partial charge in [-0.3, -0.25) is 4.90 Å². The minimum Gasteiger partial charge on any atom is -0.353 e. The summed E-state index contributed by atoms with van der Waals surface area (Å²) in [5, 5.41) is 4.09. The first kappa shape index (κ1) is 16.0. The lowest BCUT2D eigenvalue weighted by Crippen LogP contribution is -2.46. The van der Waals surface area contributed by atoms with Crippen molar-refractivity contribution in [2.75, 3.05) is 31.1 Å². The fraction of sp³-hybridized carbons (Fsp3) is 0.312. The number of thiophene rings is 1. The van der Waals surface area contributed by atoms with E-state index in [1.54, 1.807) is 17.7 Å². The first-order chi connectivity index (χ1) is 11.7. The van der Waals surface area contributed by atoms with Crippen molar-refractivity contribution in [3.63, 3.8) is 0 Å². The summed E-state index contributed by atoms with van der Waals surface area (Å²) in [6.45, 7) is 4.64. The molecule has 0 radical (unpaired) electrons. The Labute approximate surface area is 153 Å². The molecule has 0 saturated carbocycles. The zero-order chi connectivity index (χ0) is 16.5. The topological polar surface area (TPSA) is 45.2 Å². The Kier molecular flexibility index (Phi) is 4.54. The van der Waals surface area contributed by atoms with E-state index in [-0.39, 0.29) is 0 Å². The Balaban J connectivity index is 1.44. The number of halogens is 2. The van der Waals surface area contributed by atoms with E-state index in [4.69, 9.17) is 23.2 Å². The standard InChI is InChI=1S/C16H15Cl2N5S/c17-13-7-11(8-14(18)21-13)9-22-2-4-23(5-3-22)15-12-1-6-24-16(12)20-10-19-15/h1,6-8,10H,2-5,9H2. The molecule has 1 fully saturated rings. The Hall–Kier alpha value is -1.47. The van der Waals surface area contributed by atoms with E-state index in [1.807, 2.05) is 12.1 Å². The van der Waals surface area contributed by atoms with Crippen LogP contribution >= 0.6 is 34.5 Å². The minimum atomic E-state index is 0.442. The fourth-order valence-corrected chi connectivity index (χ4v) is 4.24. The second-order valence-corrected chi connectivity index (χ2v) is 7.39. The Morgan fingerprint density at radius 1 is 1.04 bits per heavy atom.